The van der Waals surface area contributed by atoms with Gasteiger partial charge in [-0.2, -0.15) is 0 Å². The molecule has 0 saturated carbocycles. The molecule has 0 bridgehead atoms. The average Bonchev–Trinajstić information content (AvgIpc) is 2.71. The van der Waals surface area contributed by atoms with Gasteiger partial charge in [-0.05, 0) is 42.8 Å². The Balaban J connectivity index is 1.82. The van der Waals surface area contributed by atoms with Gasteiger partial charge in [-0.15, -0.1) is 0 Å². The molecule has 30 heavy (non-hydrogen) atoms. The zero-order valence-electron chi connectivity index (χ0n) is 15.6. The van der Waals surface area contributed by atoms with Gasteiger partial charge in [-0.3, -0.25) is 9.59 Å². The quantitative estimate of drug-likeness (QED) is 0.400. The Morgan fingerprint density at radius 3 is 1.90 bits per heavy atom. The maximum atomic E-state index is 12.8. The summed E-state index contributed by atoms with van der Waals surface area (Å²) in [6.45, 7) is 1.63. The predicted molar refractivity (Wildman–Crippen MR) is 115 cm³/mol. The van der Waals surface area contributed by atoms with Crippen molar-refractivity contribution in [2.45, 2.75) is 13.3 Å². The third kappa shape index (κ3) is 4.83. The summed E-state index contributed by atoms with van der Waals surface area (Å²) < 4.78 is 11.7. The molecule has 0 N–H and O–H groups in total. The van der Waals surface area contributed by atoms with E-state index in [4.69, 9.17) is 9.47 Å². The van der Waals surface area contributed by atoms with E-state index in [0.29, 0.717) is 8.95 Å². The second kappa shape index (κ2) is 9.32. The zero-order valence-corrected chi connectivity index (χ0v) is 18.8. The van der Waals surface area contributed by atoms with Gasteiger partial charge in [0.05, 0.1) is 16.7 Å². The van der Waals surface area contributed by atoms with Crippen molar-refractivity contribution >= 4 is 55.4 Å². The summed E-state index contributed by atoms with van der Waals surface area (Å²) in [5, 5.41) is 0. The minimum Gasteiger partial charge on any atom is -0.419 e. The molecule has 0 spiro atoms. The highest BCUT2D eigenvalue weighted by Crippen LogP contribution is 2.26. The molecule has 0 radical (unpaired) electrons. The molecular weight excluding hydrogens is 520 g/mol. The molecule has 8 heteroatoms. The van der Waals surface area contributed by atoms with E-state index in [2.05, 4.69) is 31.9 Å². The molecule has 152 valence electrons. The van der Waals surface area contributed by atoms with E-state index >= 15 is 0 Å². The van der Waals surface area contributed by atoms with E-state index in [1.165, 1.54) is 24.3 Å². The van der Waals surface area contributed by atoms with Gasteiger partial charge in [0.15, 0.2) is 11.5 Å². The third-order valence-electron chi connectivity index (χ3n) is 4.13. The fourth-order valence-electron chi connectivity index (χ4n) is 2.70. The molecule has 0 heterocycles. The molecule has 2 aromatic carbocycles. The van der Waals surface area contributed by atoms with E-state index in [-0.39, 0.29) is 28.9 Å². The molecule has 0 aromatic heterocycles. The summed E-state index contributed by atoms with van der Waals surface area (Å²) in [7, 11) is 0. The summed E-state index contributed by atoms with van der Waals surface area (Å²) in [6.07, 6.45) is 0.971. The van der Waals surface area contributed by atoms with Crippen molar-refractivity contribution in [3.8, 4) is 0 Å². The Morgan fingerprint density at radius 1 is 0.867 bits per heavy atom. The van der Waals surface area contributed by atoms with Crippen LogP contribution in [0.2, 0.25) is 0 Å². The molecule has 0 amide bonds. The Hall–Kier alpha value is -2.84. The molecule has 0 unspecified atom stereocenters. The summed E-state index contributed by atoms with van der Waals surface area (Å²) >= 11 is 6.51. The second-order valence-corrected chi connectivity index (χ2v) is 7.99. The number of rotatable bonds is 5. The fourth-order valence-corrected chi connectivity index (χ4v) is 3.50. The van der Waals surface area contributed by atoms with Gasteiger partial charge in [0, 0.05) is 15.0 Å². The monoisotopic (exact) mass is 532 g/mol. The largest absolute Gasteiger partial charge is 0.419 e. The summed E-state index contributed by atoms with van der Waals surface area (Å²) in [4.78, 5) is 50.0. The third-order valence-corrected chi connectivity index (χ3v) is 5.12. The van der Waals surface area contributed by atoms with Gasteiger partial charge in [0.2, 0.25) is 11.6 Å². The molecule has 0 fully saturated rings. The molecule has 0 aliphatic heterocycles. The number of hydrogen-bond acceptors (Lipinski definition) is 6. The van der Waals surface area contributed by atoms with Gasteiger partial charge in [0.1, 0.15) is 0 Å². The predicted octanol–water partition coefficient (Wildman–Crippen LogP) is 4.93. The Morgan fingerprint density at radius 2 is 1.40 bits per heavy atom. The van der Waals surface area contributed by atoms with E-state index in [9.17, 15) is 19.2 Å². The number of ether oxygens (including phenoxy) is 2. The van der Waals surface area contributed by atoms with Crippen LogP contribution in [-0.2, 0) is 19.1 Å². The average molecular weight is 534 g/mol. The first-order valence-corrected chi connectivity index (χ1v) is 10.4. The Kier molecular flexibility index (Phi) is 6.79. The van der Waals surface area contributed by atoms with E-state index in [1.54, 1.807) is 31.2 Å². The van der Waals surface area contributed by atoms with Crippen molar-refractivity contribution < 1.29 is 28.7 Å². The van der Waals surface area contributed by atoms with Gasteiger partial charge in [0.25, 0.3) is 0 Å². The number of hydrogen-bond donors (Lipinski definition) is 0. The number of carbonyl (C=O) groups is 4. The highest BCUT2D eigenvalue weighted by atomic mass is 79.9. The molecule has 0 saturated heterocycles. The maximum Gasteiger partial charge on any atom is 0.343 e. The number of ketones is 2. The van der Waals surface area contributed by atoms with Crippen molar-refractivity contribution in [3.63, 3.8) is 0 Å². The number of esters is 2. The summed E-state index contributed by atoms with van der Waals surface area (Å²) in [6, 6.07) is 12.8. The number of allylic oxidation sites excluding steroid dienone is 2. The van der Waals surface area contributed by atoms with Gasteiger partial charge < -0.3 is 9.47 Å². The fraction of sp³-hybridized carbons (Fsp3) is 0.0909. The second-order valence-electron chi connectivity index (χ2n) is 6.16. The zero-order chi connectivity index (χ0) is 21.8. The van der Waals surface area contributed by atoms with Crippen LogP contribution < -0.4 is 0 Å². The van der Waals surface area contributed by atoms with Crippen LogP contribution in [0.5, 0.6) is 0 Å². The number of benzene rings is 2. The van der Waals surface area contributed by atoms with Gasteiger partial charge >= 0.3 is 11.9 Å². The summed E-state index contributed by atoms with van der Waals surface area (Å²) in [5.74, 6) is -3.75. The summed E-state index contributed by atoms with van der Waals surface area (Å²) in [5.41, 5.74) is 0.380. The topological polar surface area (TPSA) is 86.7 Å². The first-order chi connectivity index (χ1) is 14.3. The van der Waals surface area contributed by atoms with Crippen LogP contribution in [0.25, 0.3) is 0 Å². The van der Waals surface area contributed by atoms with E-state index < -0.39 is 29.3 Å². The van der Waals surface area contributed by atoms with Crippen molar-refractivity contribution in [3.05, 3.63) is 91.8 Å². The highest BCUT2D eigenvalue weighted by Gasteiger charge is 2.33. The van der Waals surface area contributed by atoms with Crippen molar-refractivity contribution in [1.82, 2.24) is 0 Å². The molecule has 6 nitrogen and oxygen atoms in total. The smallest absolute Gasteiger partial charge is 0.343 e. The lowest BCUT2D eigenvalue weighted by molar-refractivity contribution is -0.119. The maximum absolute atomic E-state index is 12.8. The normalized spacial score (nSPS) is 13.8. The molecule has 2 aromatic rings. The standard InChI is InChI=1S/C22H14Br2O6/c1-2-16-19(26)18(29-21(27)12-5-3-7-14(23)9-12)11-17(25)20(16)30-22(28)13-6-4-8-15(24)10-13/h3-11H,2H2,1H3. The van der Waals surface area contributed by atoms with Crippen LogP contribution in [0.3, 0.4) is 0 Å². The van der Waals surface area contributed by atoms with Crippen molar-refractivity contribution in [2.24, 2.45) is 0 Å². The lowest BCUT2D eigenvalue weighted by Gasteiger charge is -2.17. The van der Waals surface area contributed by atoms with Crippen LogP contribution >= 0.6 is 31.9 Å². The lowest BCUT2D eigenvalue weighted by atomic mass is 9.97. The lowest BCUT2D eigenvalue weighted by Crippen LogP contribution is -2.25. The van der Waals surface area contributed by atoms with Crippen LogP contribution in [0.1, 0.15) is 34.1 Å². The van der Waals surface area contributed by atoms with E-state index in [1.807, 2.05) is 0 Å². The minimum absolute atomic E-state index is 0.0390. The number of carbonyl (C=O) groups excluding carboxylic acids is 4. The Labute approximate surface area is 188 Å². The van der Waals surface area contributed by atoms with Crippen LogP contribution in [-0.4, -0.2) is 23.5 Å². The van der Waals surface area contributed by atoms with Crippen molar-refractivity contribution in [1.29, 1.82) is 0 Å². The SMILES string of the molecule is CCC1=C(OC(=O)c2cccc(Br)c2)C(=O)C=C(OC(=O)c2cccc(Br)c2)C1=O. The van der Waals surface area contributed by atoms with Gasteiger partial charge in [-0.1, -0.05) is 50.9 Å². The molecule has 0 atom stereocenters. The first-order valence-electron chi connectivity index (χ1n) is 8.79. The van der Waals surface area contributed by atoms with Crippen LogP contribution in [0, 0.1) is 0 Å². The number of halogens is 2. The van der Waals surface area contributed by atoms with Crippen LogP contribution in [0.15, 0.2) is 80.6 Å². The number of Topliss-reactive ketones (excluding diaryl/α,β-unsaturated/α-hetero) is 1. The molecular formula is C22H14Br2O6. The molecule has 1 aliphatic rings. The minimum atomic E-state index is -0.784. The molecule has 1 aliphatic carbocycles. The van der Waals surface area contributed by atoms with Gasteiger partial charge in [-0.25, -0.2) is 9.59 Å². The molecule has 3 rings (SSSR count). The van der Waals surface area contributed by atoms with E-state index in [0.717, 1.165) is 6.08 Å². The first kappa shape index (κ1) is 21.9. The van der Waals surface area contributed by atoms with Crippen LogP contribution in [0.4, 0.5) is 0 Å². The highest BCUT2D eigenvalue weighted by molar-refractivity contribution is 9.10. The van der Waals surface area contributed by atoms with Crippen molar-refractivity contribution in [2.75, 3.05) is 0 Å². The Bertz CT molecular complexity index is 1130.